The van der Waals surface area contributed by atoms with E-state index >= 15 is 0 Å². The molecular weight excluding hydrogens is 333 g/mol. The van der Waals surface area contributed by atoms with Gasteiger partial charge in [0.05, 0.1) is 16.4 Å². The van der Waals surface area contributed by atoms with Gasteiger partial charge in [-0.1, -0.05) is 17.7 Å². The second kappa shape index (κ2) is 6.05. The zero-order valence-corrected chi connectivity index (χ0v) is 13.4. The van der Waals surface area contributed by atoms with E-state index in [9.17, 15) is 17.1 Å². The Hall–Kier alpha value is -1.93. The normalized spacial score (nSPS) is 11.5. The number of rotatable bonds is 4. The van der Waals surface area contributed by atoms with E-state index in [0.717, 1.165) is 12.1 Å². The Morgan fingerprint density at radius 3 is 2.64 bits per heavy atom. The molecule has 2 aromatic rings. The van der Waals surface area contributed by atoms with Gasteiger partial charge in [0.15, 0.2) is 0 Å². The van der Waals surface area contributed by atoms with E-state index in [2.05, 4.69) is 10.4 Å². The standard InChI is InChI=1S/C13H13ClFN3O3S/c1-8-13(14)9(2)18(17-8)7-12(19)16-10-4-3-5-11(6-10)22(15,20)21/h3-6H,7H2,1-2H3,(H,16,19). The van der Waals surface area contributed by atoms with Crippen LogP contribution in [-0.4, -0.2) is 24.1 Å². The van der Waals surface area contributed by atoms with Crippen molar-refractivity contribution in [2.24, 2.45) is 0 Å². The van der Waals surface area contributed by atoms with E-state index in [4.69, 9.17) is 11.6 Å². The molecule has 0 bridgehead atoms. The van der Waals surface area contributed by atoms with Crippen LogP contribution in [0.4, 0.5) is 9.57 Å². The lowest BCUT2D eigenvalue weighted by Gasteiger charge is -2.07. The second-order valence-electron chi connectivity index (χ2n) is 4.66. The zero-order chi connectivity index (χ0) is 16.5. The molecule has 0 fully saturated rings. The van der Waals surface area contributed by atoms with Crippen molar-refractivity contribution in [2.45, 2.75) is 25.3 Å². The first-order valence-electron chi connectivity index (χ1n) is 6.22. The molecule has 9 heteroatoms. The topological polar surface area (TPSA) is 81.1 Å². The number of benzene rings is 1. The summed E-state index contributed by atoms with van der Waals surface area (Å²) < 4.78 is 36.0. The highest BCUT2D eigenvalue weighted by molar-refractivity contribution is 7.86. The van der Waals surface area contributed by atoms with Crippen LogP contribution in [0.25, 0.3) is 0 Å². The molecule has 6 nitrogen and oxygen atoms in total. The van der Waals surface area contributed by atoms with Gasteiger partial charge in [0.25, 0.3) is 0 Å². The van der Waals surface area contributed by atoms with Gasteiger partial charge in [0, 0.05) is 5.69 Å². The van der Waals surface area contributed by atoms with Crippen LogP contribution in [0.15, 0.2) is 29.2 Å². The number of amides is 1. The summed E-state index contributed by atoms with van der Waals surface area (Å²) >= 11 is 5.99. The molecule has 0 saturated carbocycles. The SMILES string of the molecule is Cc1nn(CC(=O)Nc2cccc(S(=O)(=O)F)c2)c(C)c1Cl. The number of hydrogen-bond donors (Lipinski definition) is 1. The van der Waals surface area contributed by atoms with Gasteiger partial charge in [-0.2, -0.15) is 13.5 Å². The molecule has 22 heavy (non-hydrogen) atoms. The third-order valence-electron chi connectivity index (χ3n) is 2.99. The highest BCUT2D eigenvalue weighted by Crippen LogP contribution is 2.20. The average molecular weight is 346 g/mol. The Kier molecular flexibility index (Phi) is 4.52. The largest absolute Gasteiger partial charge is 0.332 e. The lowest BCUT2D eigenvalue weighted by atomic mass is 10.3. The highest BCUT2D eigenvalue weighted by atomic mass is 35.5. The molecule has 2 rings (SSSR count). The van der Waals surface area contributed by atoms with E-state index in [1.165, 1.54) is 16.8 Å². The van der Waals surface area contributed by atoms with Crippen LogP contribution >= 0.6 is 11.6 Å². The van der Waals surface area contributed by atoms with Gasteiger partial charge in [-0.25, -0.2) is 0 Å². The Bertz CT molecular complexity index is 833. The number of carbonyl (C=O) groups excluding carboxylic acids is 1. The van der Waals surface area contributed by atoms with Crippen LogP contribution < -0.4 is 5.32 Å². The zero-order valence-electron chi connectivity index (χ0n) is 11.8. The Labute approximate surface area is 132 Å². The summed E-state index contributed by atoms with van der Waals surface area (Å²) in [7, 11) is -4.82. The lowest BCUT2D eigenvalue weighted by molar-refractivity contribution is -0.116. The van der Waals surface area contributed by atoms with Crippen molar-refractivity contribution in [1.29, 1.82) is 0 Å². The monoisotopic (exact) mass is 345 g/mol. The number of aryl methyl sites for hydroxylation is 1. The smallest absolute Gasteiger partial charge is 0.324 e. The molecule has 1 amide bonds. The van der Waals surface area contributed by atoms with E-state index < -0.39 is 21.0 Å². The number of hydrogen-bond acceptors (Lipinski definition) is 4. The van der Waals surface area contributed by atoms with Crippen LogP contribution in [0, 0.1) is 13.8 Å². The maximum atomic E-state index is 12.9. The van der Waals surface area contributed by atoms with Gasteiger partial charge in [-0.05, 0) is 32.0 Å². The fraction of sp³-hybridized carbons (Fsp3) is 0.231. The van der Waals surface area contributed by atoms with Crippen LogP contribution in [0.1, 0.15) is 11.4 Å². The van der Waals surface area contributed by atoms with E-state index in [0.29, 0.717) is 16.4 Å². The summed E-state index contributed by atoms with van der Waals surface area (Å²) in [4.78, 5) is 11.4. The lowest BCUT2D eigenvalue weighted by Crippen LogP contribution is -2.20. The summed E-state index contributed by atoms with van der Waals surface area (Å²) in [6.45, 7) is 3.36. The fourth-order valence-electron chi connectivity index (χ4n) is 1.89. The van der Waals surface area contributed by atoms with Gasteiger partial charge in [-0.15, -0.1) is 3.89 Å². The Balaban J connectivity index is 2.14. The van der Waals surface area contributed by atoms with Gasteiger partial charge in [0.1, 0.15) is 11.4 Å². The van der Waals surface area contributed by atoms with E-state index in [1.807, 2.05) is 0 Å². The fourth-order valence-corrected chi connectivity index (χ4v) is 2.54. The number of nitrogens with zero attached hydrogens (tertiary/aromatic N) is 2. The number of aromatic nitrogens is 2. The summed E-state index contributed by atoms with van der Waals surface area (Å²) in [6, 6.07) is 4.94. The summed E-state index contributed by atoms with van der Waals surface area (Å²) in [5.74, 6) is -0.435. The quantitative estimate of drug-likeness (QED) is 0.863. The molecule has 0 atom stereocenters. The highest BCUT2D eigenvalue weighted by Gasteiger charge is 2.14. The maximum absolute atomic E-state index is 12.9. The van der Waals surface area contributed by atoms with Gasteiger partial charge >= 0.3 is 10.2 Å². The minimum absolute atomic E-state index is 0.0913. The van der Waals surface area contributed by atoms with Gasteiger partial charge in [0.2, 0.25) is 5.91 Å². The number of nitrogens with one attached hydrogen (secondary N) is 1. The van der Waals surface area contributed by atoms with Crippen molar-refractivity contribution < 1.29 is 17.1 Å². The van der Waals surface area contributed by atoms with Crippen molar-refractivity contribution >= 4 is 33.4 Å². The first kappa shape index (κ1) is 16.4. The molecule has 0 saturated heterocycles. The molecule has 1 aromatic heterocycles. The predicted molar refractivity (Wildman–Crippen MR) is 80.1 cm³/mol. The van der Waals surface area contributed by atoms with Crippen molar-refractivity contribution in [3.05, 3.63) is 40.7 Å². The van der Waals surface area contributed by atoms with Crippen LogP contribution in [0.3, 0.4) is 0 Å². The van der Waals surface area contributed by atoms with Gasteiger partial charge in [-0.3, -0.25) is 9.48 Å². The molecule has 0 aliphatic carbocycles. The first-order valence-corrected chi connectivity index (χ1v) is 7.98. The second-order valence-corrected chi connectivity index (χ2v) is 6.38. The Morgan fingerprint density at radius 2 is 2.09 bits per heavy atom. The molecular formula is C13H13ClFN3O3S. The summed E-state index contributed by atoms with van der Waals surface area (Å²) in [5, 5.41) is 7.09. The predicted octanol–water partition coefficient (Wildman–Crippen LogP) is 2.45. The molecule has 1 heterocycles. The number of anilines is 1. The van der Waals surface area contributed by atoms with Crippen LogP contribution in [-0.2, 0) is 21.6 Å². The summed E-state index contributed by atoms with van der Waals surface area (Å²) in [6.07, 6.45) is 0. The van der Waals surface area contributed by atoms with Crippen molar-refractivity contribution in [3.63, 3.8) is 0 Å². The van der Waals surface area contributed by atoms with Crippen molar-refractivity contribution in [2.75, 3.05) is 5.32 Å². The third kappa shape index (κ3) is 3.63. The minimum Gasteiger partial charge on any atom is -0.324 e. The van der Waals surface area contributed by atoms with Crippen molar-refractivity contribution in [3.8, 4) is 0 Å². The average Bonchev–Trinajstić information content (AvgIpc) is 2.65. The number of halogens is 2. The van der Waals surface area contributed by atoms with Crippen molar-refractivity contribution in [1.82, 2.24) is 9.78 Å². The minimum atomic E-state index is -4.82. The third-order valence-corrected chi connectivity index (χ3v) is 4.35. The molecule has 118 valence electrons. The number of carbonyl (C=O) groups is 1. The Morgan fingerprint density at radius 1 is 1.41 bits per heavy atom. The van der Waals surface area contributed by atoms with Crippen LogP contribution in [0.5, 0.6) is 0 Å². The molecule has 0 aliphatic rings. The van der Waals surface area contributed by atoms with E-state index in [-0.39, 0.29) is 12.2 Å². The first-order chi connectivity index (χ1) is 10.2. The molecule has 0 radical (unpaired) electrons. The van der Waals surface area contributed by atoms with E-state index in [1.54, 1.807) is 13.8 Å². The molecule has 0 spiro atoms. The summed E-state index contributed by atoms with van der Waals surface area (Å²) in [5.41, 5.74) is 1.43. The van der Waals surface area contributed by atoms with Crippen LogP contribution in [0.2, 0.25) is 5.02 Å². The molecule has 1 aromatic carbocycles. The van der Waals surface area contributed by atoms with Gasteiger partial charge < -0.3 is 5.32 Å². The maximum Gasteiger partial charge on any atom is 0.332 e. The molecule has 1 N–H and O–H groups in total. The molecule has 0 unspecified atom stereocenters. The molecule has 0 aliphatic heterocycles.